The molecular formula is C14H27NO4. The molecule has 112 valence electrons. The molecule has 3 N–H and O–H groups in total. The van der Waals surface area contributed by atoms with Crippen LogP contribution in [0, 0.1) is 0 Å². The van der Waals surface area contributed by atoms with Crippen LogP contribution in [0.15, 0.2) is 0 Å². The van der Waals surface area contributed by atoms with Gasteiger partial charge in [0.25, 0.3) is 0 Å². The Morgan fingerprint density at radius 3 is 2.47 bits per heavy atom. The second-order valence-electron chi connectivity index (χ2n) is 5.93. The third-order valence-corrected chi connectivity index (χ3v) is 4.69. The van der Waals surface area contributed by atoms with E-state index >= 15 is 0 Å². The van der Waals surface area contributed by atoms with E-state index in [2.05, 4.69) is 5.32 Å². The number of hydrogen-bond acceptors (Lipinski definition) is 5. The summed E-state index contributed by atoms with van der Waals surface area (Å²) in [5.74, 6) is 0. The fourth-order valence-corrected chi connectivity index (χ4v) is 3.14. The van der Waals surface area contributed by atoms with Crippen molar-refractivity contribution in [2.45, 2.75) is 56.2 Å². The van der Waals surface area contributed by atoms with E-state index in [1.165, 1.54) is 0 Å². The summed E-state index contributed by atoms with van der Waals surface area (Å²) in [6, 6.07) is 0.297. The van der Waals surface area contributed by atoms with Gasteiger partial charge in [0.05, 0.1) is 24.4 Å². The van der Waals surface area contributed by atoms with Gasteiger partial charge in [-0.05, 0) is 32.1 Å². The van der Waals surface area contributed by atoms with Crippen molar-refractivity contribution in [3.63, 3.8) is 0 Å². The third kappa shape index (κ3) is 3.47. The highest BCUT2D eigenvalue weighted by atomic mass is 16.5. The van der Waals surface area contributed by atoms with Crippen molar-refractivity contribution in [3.8, 4) is 0 Å². The smallest absolute Gasteiger partial charge is 0.0741 e. The lowest BCUT2D eigenvalue weighted by atomic mass is 9.83. The zero-order chi connectivity index (χ0) is 13.8. The largest absolute Gasteiger partial charge is 0.394 e. The van der Waals surface area contributed by atoms with Crippen LogP contribution in [0.4, 0.5) is 0 Å². The van der Waals surface area contributed by atoms with Crippen LogP contribution in [0.3, 0.4) is 0 Å². The van der Waals surface area contributed by atoms with Crippen LogP contribution in [-0.2, 0) is 9.47 Å². The van der Waals surface area contributed by atoms with Crippen molar-refractivity contribution in [1.82, 2.24) is 5.32 Å². The molecule has 2 aliphatic heterocycles. The second kappa shape index (κ2) is 6.50. The number of ether oxygens (including phenoxy) is 2. The molecule has 0 radical (unpaired) electrons. The molecule has 1 atom stereocenters. The summed E-state index contributed by atoms with van der Waals surface area (Å²) in [6.45, 7) is 4.20. The molecule has 0 saturated carbocycles. The summed E-state index contributed by atoms with van der Waals surface area (Å²) < 4.78 is 11.4. The maximum absolute atomic E-state index is 9.54. The van der Waals surface area contributed by atoms with Crippen LogP contribution in [0.2, 0.25) is 0 Å². The zero-order valence-corrected chi connectivity index (χ0v) is 11.9. The van der Waals surface area contributed by atoms with E-state index in [0.717, 1.165) is 45.5 Å². The van der Waals surface area contributed by atoms with Gasteiger partial charge in [-0.2, -0.15) is 0 Å². The van der Waals surface area contributed by atoms with E-state index in [0.29, 0.717) is 12.5 Å². The molecule has 0 bridgehead atoms. The molecule has 0 aromatic carbocycles. The average Bonchev–Trinajstić information content (AvgIpc) is 2.46. The Kier molecular flexibility index (Phi) is 5.20. The Balaban J connectivity index is 1.97. The monoisotopic (exact) mass is 273 g/mol. The molecule has 2 fully saturated rings. The predicted octanol–water partition coefficient (Wildman–Crippen LogP) is 0.438. The highest BCUT2D eigenvalue weighted by Gasteiger charge is 2.41. The van der Waals surface area contributed by atoms with E-state index in [4.69, 9.17) is 9.47 Å². The summed E-state index contributed by atoms with van der Waals surface area (Å²) in [5, 5.41) is 22.5. The molecule has 5 nitrogen and oxygen atoms in total. The first kappa shape index (κ1) is 15.2. The summed E-state index contributed by atoms with van der Waals surface area (Å²) in [5.41, 5.74) is -0.618. The number of hydrogen-bond donors (Lipinski definition) is 3. The molecule has 0 aromatic heterocycles. The van der Waals surface area contributed by atoms with Gasteiger partial charge >= 0.3 is 0 Å². The SMILES string of the molecule is CCC(CO)(CO)NC1CCOC2(CCOCC2)C1. The molecule has 0 aliphatic carbocycles. The van der Waals surface area contributed by atoms with Gasteiger partial charge in [0.1, 0.15) is 0 Å². The number of aliphatic hydroxyl groups is 2. The fourth-order valence-electron chi connectivity index (χ4n) is 3.14. The van der Waals surface area contributed by atoms with E-state index in [1.54, 1.807) is 0 Å². The molecule has 0 aromatic rings. The van der Waals surface area contributed by atoms with E-state index in [1.807, 2.05) is 6.92 Å². The Morgan fingerprint density at radius 1 is 1.21 bits per heavy atom. The molecule has 19 heavy (non-hydrogen) atoms. The van der Waals surface area contributed by atoms with Crippen LogP contribution in [0.25, 0.3) is 0 Å². The summed E-state index contributed by atoms with van der Waals surface area (Å²) in [6.07, 6.45) is 4.49. The van der Waals surface area contributed by atoms with Crippen molar-refractivity contribution in [3.05, 3.63) is 0 Å². The van der Waals surface area contributed by atoms with Crippen LogP contribution < -0.4 is 5.32 Å². The molecule has 2 heterocycles. The summed E-state index contributed by atoms with van der Waals surface area (Å²) in [4.78, 5) is 0. The maximum atomic E-state index is 9.54. The molecule has 2 rings (SSSR count). The number of rotatable bonds is 5. The highest BCUT2D eigenvalue weighted by molar-refractivity contribution is 4.96. The van der Waals surface area contributed by atoms with E-state index in [-0.39, 0.29) is 18.8 Å². The summed E-state index contributed by atoms with van der Waals surface area (Å²) >= 11 is 0. The minimum absolute atomic E-state index is 0.0343. The average molecular weight is 273 g/mol. The van der Waals surface area contributed by atoms with Gasteiger partial charge in [-0.3, -0.25) is 0 Å². The topological polar surface area (TPSA) is 71.0 Å². The van der Waals surface area contributed by atoms with Crippen LogP contribution in [0.1, 0.15) is 39.0 Å². The zero-order valence-electron chi connectivity index (χ0n) is 11.9. The predicted molar refractivity (Wildman–Crippen MR) is 72.1 cm³/mol. The normalized spacial score (nSPS) is 27.6. The summed E-state index contributed by atoms with van der Waals surface area (Å²) in [7, 11) is 0. The van der Waals surface area contributed by atoms with Crippen molar-refractivity contribution in [2.24, 2.45) is 0 Å². The highest BCUT2D eigenvalue weighted by Crippen LogP contribution is 2.34. The fraction of sp³-hybridized carbons (Fsp3) is 1.00. The first-order valence-electron chi connectivity index (χ1n) is 7.39. The quantitative estimate of drug-likeness (QED) is 0.678. The van der Waals surface area contributed by atoms with Gasteiger partial charge in [0.2, 0.25) is 0 Å². The van der Waals surface area contributed by atoms with Crippen LogP contribution in [-0.4, -0.2) is 60.4 Å². The molecule has 2 aliphatic rings. The Labute approximate surface area is 115 Å². The first-order chi connectivity index (χ1) is 9.17. The lowest BCUT2D eigenvalue weighted by Gasteiger charge is -2.46. The van der Waals surface area contributed by atoms with Gasteiger partial charge in [-0.15, -0.1) is 0 Å². The third-order valence-electron chi connectivity index (χ3n) is 4.69. The van der Waals surface area contributed by atoms with Crippen molar-refractivity contribution >= 4 is 0 Å². The van der Waals surface area contributed by atoms with Gasteiger partial charge in [0, 0.05) is 25.9 Å². The van der Waals surface area contributed by atoms with Crippen molar-refractivity contribution in [1.29, 1.82) is 0 Å². The van der Waals surface area contributed by atoms with Crippen LogP contribution >= 0.6 is 0 Å². The molecule has 5 heteroatoms. The van der Waals surface area contributed by atoms with Gasteiger partial charge in [0.15, 0.2) is 0 Å². The van der Waals surface area contributed by atoms with Crippen molar-refractivity contribution in [2.75, 3.05) is 33.0 Å². The molecule has 1 unspecified atom stereocenters. The molecule has 1 spiro atoms. The first-order valence-corrected chi connectivity index (χ1v) is 7.39. The van der Waals surface area contributed by atoms with Crippen LogP contribution in [0.5, 0.6) is 0 Å². The lowest BCUT2D eigenvalue weighted by molar-refractivity contribution is -0.143. The van der Waals surface area contributed by atoms with E-state index in [9.17, 15) is 10.2 Å². The minimum atomic E-state index is -0.561. The van der Waals surface area contributed by atoms with Crippen molar-refractivity contribution < 1.29 is 19.7 Å². The lowest BCUT2D eigenvalue weighted by Crippen LogP contribution is -2.59. The van der Waals surface area contributed by atoms with E-state index < -0.39 is 5.54 Å². The second-order valence-corrected chi connectivity index (χ2v) is 5.93. The van der Waals surface area contributed by atoms with Gasteiger partial charge in [-0.1, -0.05) is 6.92 Å². The van der Waals surface area contributed by atoms with Gasteiger partial charge in [-0.25, -0.2) is 0 Å². The standard InChI is InChI=1S/C14H27NO4/c1-2-13(10-16,11-17)15-12-3-6-19-14(9-12)4-7-18-8-5-14/h12,15-17H,2-11H2,1H3. The Bertz CT molecular complexity index is 261. The number of aliphatic hydroxyl groups excluding tert-OH is 2. The molecule has 0 amide bonds. The minimum Gasteiger partial charge on any atom is -0.394 e. The molecule has 2 saturated heterocycles. The Hall–Kier alpha value is -0.200. The number of nitrogens with one attached hydrogen (secondary N) is 1. The maximum Gasteiger partial charge on any atom is 0.0741 e. The van der Waals surface area contributed by atoms with Gasteiger partial charge < -0.3 is 25.0 Å². The Morgan fingerprint density at radius 2 is 1.89 bits per heavy atom. The molecular weight excluding hydrogens is 246 g/mol.